The summed E-state index contributed by atoms with van der Waals surface area (Å²) in [5.74, 6) is 2.35. The third kappa shape index (κ3) is 1.75. The Kier molecular flexibility index (Phi) is 2.62. The number of alkyl halides is 1. The smallest absolute Gasteiger partial charge is 0.125 e. The Bertz CT molecular complexity index is 553. The average Bonchev–Trinajstić information content (AvgIpc) is 2.62. The Balaban J connectivity index is 2.15. The van der Waals surface area contributed by atoms with E-state index >= 15 is 0 Å². The molecule has 2 aromatic rings. The second-order valence-electron chi connectivity index (χ2n) is 5.25. The molecule has 2 nitrogen and oxygen atoms in total. The topological polar surface area (TPSA) is 17.8 Å². The maximum Gasteiger partial charge on any atom is 0.125 e. The first kappa shape index (κ1) is 11.1. The summed E-state index contributed by atoms with van der Waals surface area (Å²) in [6.45, 7) is 4.43. The van der Waals surface area contributed by atoms with Gasteiger partial charge in [-0.2, -0.15) is 0 Å². The molecular formula is C14H17ClN2. The second-order valence-corrected chi connectivity index (χ2v) is 5.52. The summed E-state index contributed by atoms with van der Waals surface area (Å²) in [5.41, 5.74) is 3.61. The Morgan fingerprint density at radius 1 is 1.41 bits per heavy atom. The van der Waals surface area contributed by atoms with Crippen LogP contribution in [0.4, 0.5) is 0 Å². The summed E-state index contributed by atoms with van der Waals surface area (Å²) in [6.07, 6.45) is 2.51. The van der Waals surface area contributed by atoms with E-state index in [0.717, 1.165) is 17.3 Å². The largest absolute Gasteiger partial charge is 0.324 e. The van der Waals surface area contributed by atoms with Crippen LogP contribution in [0.3, 0.4) is 0 Å². The highest BCUT2D eigenvalue weighted by atomic mass is 35.5. The zero-order chi connectivity index (χ0) is 12.0. The number of aryl methyl sites for hydroxylation is 1. The zero-order valence-corrected chi connectivity index (χ0v) is 11.0. The van der Waals surface area contributed by atoms with Gasteiger partial charge in [0.25, 0.3) is 0 Å². The molecule has 0 bridgehead atoms. The van der Waals surface area contributed by atoms with Gasteiger partial charge in [-0.15, -0.1) is 11.6 Å². The quantitative estimate of drug-likeness (QED) is 0.733. The van der Waals surface area contributed by atoms with E-state index < -0.39 is 0 Å². The molecule has 1 saturated carbocycles. The summed E-state index contributed by atoms with van der Waals surface area (Å²) in [4.78, 5) is 4.63. The molecule has 0 unspecified atom stereocenters. The van der Waals surface area contributed by atoms with Gasteiger partial charge in [0.05, 0.1) is 16.9 Å². The number of nitrogens with zero attached hydrogens (tertiary/aromatic N) is 2. The molecule has 17 heavy (non-hydrogen) atoms. The highest BCUT2D eigenvalue weighted by Gasteiger charge is 2.29. The molecule has 1 aromatic carbocycles. The molecule has 90 valence electrons. The lowest BCUT2D eigenvalue weighted by atomic mass is 9.81. The van der Waals surface area contributed by atoms with Gasteiger partial charge in [-0.1, -0.05) is 13.0 Å². The summed E-state index contributed by atoms with van der Waals surface area (Å²) >= 11 is 6.02. The number of benzene rings is 1. The van der Waals surface area contributed by atoms with Crippen molar-refractivity contribution in [3.63, 3.8) is 0 Å². The minimum atomic E-state index is 0.499. The molecule has 1 aliphatic rings. The van der Waals surface area contributed by atoms with E-state index in [1.807, 2.05) is 0 Å². The van der Waals surface area contributed by atoms with Crippen LogP contribution in [0.25, 0.3) is 11.0 Å². The van der Waals surface area contributed by atoms with Crippen molar-refractivity contribution in [1.29, 1.82) is 0 Å². The predicted molar refractivity (Wildman–Crippen MR) is 71.5 cm³/mol. The van der Waals surface area contributed by atoms with Crippen molar-refractivity contribution in [2.75, 3.05) is 0 Å². The standard InChI is InChI=1S/C14H17ClN2/c1-9-3-4-12-13(7-9)17(14(8-15)16-12)11-5-10(2)6-11/h3-4,7,10-11H,5-6,8H2,1-2H3. The van der Waals surface area contributed by atoms with Crippen molar-refractivity contribution in [3.8, 4) is 0 Å². The van der Waals surface area contributed by atoms with Crippen LogP contribution in [-0.2, 0) is 5.88 Å². The van der Waals surface area contributed by atoms with Gasteiger partial charge in [0.1, 0.15) is 5.82 Å². The molecule has 0 spiro atoms. The lowest BCUT2D eigenvalue weighted by Crippen LogP contribution is -2.25. The molecule has 3 rings (SSSR count). The van der Waals surface area contributed by atoms with Crippen LogP contribution in [0, 0.1) is 12.8 Å². The molecule has 0 saturated heterocycles. The van der Waals surface area contributed by atoms with Crippen LogP contribution in [0.2, 0.25) is 0 Å². The minimum absolute atomic E-state index is 0.499. The van der Waals surface area contributed by atoms with Gasteiger partial charge >= 0.3 is 0 Å². The Hall–Kier alpha value is -1.02. The summed E-state index contributed by atoms with van der Waals surface area (Å²) in [5, 5.41) is 0. The van der Waals surface area contributed by atoms with Crippen molar-refractivity contribution in [2.45, 2.75) is 38.6 Å². The minimum Gasteiger partial charge on any atom is -0.324 e. The van der Waals surface area contributed by atoms with Gasteiger partial charge in [-0.25, -0.2) is 4.98 Å². The van der Waals surface area contributed by atoms with Crippen molar-refractivity contribution in [1.82, 2.24) is 9.55 Å². The van der Waals surface area contributed by atoms with E-state index in [-0.39, 0.29) is 0 Å². The number of fused-ring (bicyclic) bond motifs is 1. The molecule has 0 aliphatic heterocycles. The van der Waals surface area contributed by atoms with Crippen LogP contribution < -0.4 is 0 Å². The van der Waals surface area contributed by atoms with E-state index in [4.69, 9.17) is 11.6 Å². The number of hydrogen-bond donors (Lipinski definition) is 0. The van der Waals surface area contributed by atoms with E-state index in [1.165, 1.54) is 23.9 Å². The van der Waals surface area contributed by atoms with Gasteiger partial charge in [0, 0.05) is 6.04 Å². The molecule has 0 radical (unpaired) electrons. The molecule has 0 atom stereocenters. The zero-order valence-electron chi connectivity index (χ0n) is 10.3. The first-order valence-electron chi connectivity index (χ1n) is 6.22. The number of hydrogen-bond acceptors (Lipinski definition) is 1. The molecule has 0 N–H and O–H groups in total. The predicted octanol–water partition coefficient (Wildman–Crippen LogP) is 4.05. The van der Waals surface area contributed by atoms with Crippen molar-refractivity contribution in [2.24, 2.45) is 5.92 Å². The third-order valence-electron chi connectivity index (χ3n) is 3.75. The summed E-state index contributed by atoms with van der Waals surface area (Å²) in [6, 6.07) is 7.03. The molecule has 1 heterocycles. The second kappa shape index (κ2) is 4.02. The first-order valence-corrected chi connectivity index (χ1v) is 6.76. The molecule has 0 amide bonds. The van der Waals surface area contributed by atoms with Crippen LogP contribution in [0.5, 0.6) is 0 Å². The molecule has 3 heteroatoms. The van der Waals surface area contributed by atoms with Gasteiger partial charge in [0.15, 0.2) is 0 Å². The fourth-order valence-corrected chi connectivity index (χ4v) is 3.01. The molecular weight excluding hydrogens is 232 g/mol. The van der Waals surface area contributed by atoms with E-state index in [2.05, 4.69) is 41.6 Å². The SMILES string of the molecule is Cc1ccc2nc(CCl)n(C3CC(C)C3)c2c1. The normalized spacial score (nSPS) is 23.9. The van der Waals surface area contributed by atoms with Crippen molar-refractivity contribution in [3.05, 3.63) is 29.6 Å². The maximum absolute atomic E-state index is 6.02. The summed E-state index contributed by atoms with van der Waals surface area (Å²) < 4.78 is 2.36. The van der Waals surface area contributed by atoms with Gasteiger partial charge in [-0.3, -0.25) is 0 Å². The first-order chi connectivity index (χ1) is 8.19. The fraction of sp³-hybridized carbons (Fsp3) is 0.500. The van der Waals surface area contributed by atoms with Gasteiger partial charge in [0.2, 0.25) is 0 Å². The molecule has 1 fully saturated rings. The lowest BCUT2D eigenvalue weighted by Gasteiger charge is -2.35. The fourth-order valence-electron chi connectivity index (χ4n) is 2.83. The van der Waals surface area contributed by atoms with E-state index in [1.54, 1.807) is 0 Å². The van der Waals surface area contributed by atoms with Gasteiger partial charge < -0.3 is 4.57 Å². The summed E-state index contributed by atoms with van der Waals surface area (Å²) in [7, 11) is 0. The van der Waals surface area contributed by atoms with Crippen molar-refractivity contribution >= 4 is 22.6 Å². The van der Waals surface area contributed by atoms with E-state index in [0.29, 0.717) is 11.9 Å². The highest BCUT2D eigenvalue weighted by Crippen LogP contribution is 2.40. The number of halogens is 1. The maximum atomic E-state index is 6.02. The highest BCUT2D eigenvalue weighted by molar-refractivity contribution is 6.16. The lowest BCUT2D eigenvalue weighted by molar-refractivity contribution is 0.217. The Labute approximate surface area is 107 Å². The number of aromatic nitrogens is 2. The molecule has 1 aromatic heterocycles. The van der Waals surface area contributed by atoms with Crippen LogP contribution in [-0.4, -0.2) is 9.55 Å². The number of imidazole rings is 1. The monoisotopic (exact) mass is 248 g/mol. The van der Waals surface area contributed by atoms with Crippen LogP contribution >= 0.6 is 11.6 Å². The van der Waals surface area contributed by atoms with E-state index in [9.17, 15) is 0 Å². The van der Waals surface area contributed by atoms with Crippen LogP contribution in [0.15, 0.2) is 18.2 Å². The van der Waals surface area contributed by atoms with Gasteiger partial charge in [-0.05, 0) is 43.4 Å². The Morgan fingerprint density at radius 2 is 2.18 bits per heavy atom. The number of rotatable bonds is 2. The Morgan fingerprint density at radius 3 is 2.82 bits per heavy atom. The molecule has 1 aliphatic carbocycles. The third-order valence-corrected chi connectivity index (χ3v) is 3.99. The average molecular weight is 249 g/mol. The van der Waals surface area contributed by atoms with Crippen molar-refractivity contribution < 1.29 is 0 Å². The van der Waals surface area contributed by atoms with Crippen LogP contribution in [0.1, 0.15) is 37.2 Å².